The third kappa shape index (κ3) is 1.84. The van der Waals surface area contributed by atoms with Gasteiger partial charge in [0.15, 0.2) is 0 Å². The second-order valence-electron chi connectivity index (χ2n) is 4.82. The minimum Gasteiger partial charge on any atom is -0.334 e. The smallest absolute Gasteiger partial charge is 0.254 e. The van der Waals surface area contributed by atoms with Crippen molar-refractivity contribution in [1.82, 2.24) is 10.3 Å². The Morgan fingerprint density at radius 3 is 2.80 bits per heavy atom. The van der Waals surface area contributed by atoms with Crippen LogP contribution >= 0.6 is 0 Å². The molecule has 5 nitrogen and oxygen atoms in total. The van der Waals surface area contributed by atoms with E-state index in [1.54, 1.807) is 25.3 Å². The SMILES string of the molecule is CC1(NC(=O)c2cccnc2)C(=O)Nc2ccccc21. The molecule has 20 heavy (non-hydrogen) atoms. The van der Waals surface area contributed by atoms with Gasteiger partial charge in [0.1, 0.15) is 5.54 Å². The molecule has 0 fully saturated rings. The van der Waals surface area contributed by atoms with Gasteiger partial charge in [-0.3, -0.25) is 14.6 Å². The van der Waals surface area contributed by atoms with E-state index in [0.717, 1.165) is 11.3 Å². The van der Waals surface area contributed by atoms with E-state index in [2.05, 4.69) is 15.6 Å². The van der Waals surface area contributed by atoms with Crippen LogP contribution in [-0.2, 0) is 10.3 Å². The molecule has 1 aromatic heterocycles. The largest absolute Gasteiger partial charge is 0.334 e. The number of aromatic nitrogens is 1. The van der Waals surface area contributed by atoms with Gasteiger partial charge in [0.05, 0.1) is 5.56 Å². The van der Waals surface area contributed by atoms with Gasteiger partial charge in [-0.05, 0) is 25.1 Å². The number of rotatable bonds is 2. The van der Waals surface area contributed by atoms with Gasteiger partial charge in [0.25, 0.3) is 11.8 Å². The van der Waals surface area contributed by atoms with E-state index in [9.17, 15) is 9.59 Å². The Kier molecular flexibility index (Phi) is 2.75. The van der Waals surface area contributed by atoms with Crippen LogP contribution < -0.4 is 10.6 Å². The lowest BCUT2D eigenvalue weighted by Crippen LogP contribution is -2.48. The van der Waals surface area contributed by atoms with Crippen molar-refractivity contribution >= 4 is 17.5 Å². The van der Waals surface area contributed by atoms with E-state index in [0.29, 0.717) is 5.56 Å². The highest BCUT2D eigenvalue weighted by Gasteiger charge is 2.43. The molecule has 1 atom stereocenters. The van der Waals surface area contributed by atoms with Crippen LogP contribution in [0.1, 0.15) is 22.8 Å². The summed E-state index contributed by atoms with van der Waals surface area (Å²) < 4.78 is 0. The molecule has 0 saturated carbocycles. The minimum atomic E-state index is -1.07. The van der Waals surface area contributed by atoms with E-state index in [1.807, 2.05) is 24.3 Å². The fraction of sp³-hybridized carbons (Fsp3) is 0.133. The number of hydrogen-bond acceptors (Lipinski definition) is 3. The number of pyridine rings is 1. The van der Waals surface area contributed by atoms with Crippen LogP contribution in [0, 0.1) is 0 Å². The van der Waals surface area contributed by atoms with E-state index < -0.39 is 5.54 Å². The summed E-state index contributed by atoms with van der Waals surface area (Å²) in [5, 5.41) is 5.56. The van der Waals surface area contributed by atoms with Crippen LogP contribution in [0.25, 0.3) is 0 Å². The molecule has 0 aliphatic carbocycles. The van der Waals surface area contributed by atoms with Gasteiger partial charge >= 0.3 is 0 Å². The van der Waals surface area contributed by atoms with Gasteiger partial charge < -0.3 is 10.6 Å². The van der Waals surface area contributed by atoms with Gasteiger partial charge in [-0.2, -0.15) is 0 Å². The second kappa shape index (κ2) is 4.45. The molecule has 0 spiro atoms. The van der Waals surface area contributed by atoms with E-state index in [4.69, 9.17) is 0 Å². The van der Waals surface area contributed by atoms with Gasteiger partial charge in [-0.15, -0.1) is 0 Å². The summed E-state index contributed by atoms with van der Waals surface area (Å²) in [5.74, 6) is -0.566. The number of nitrogens with one attached hydrogen (secondary N) is 2. The molecule has 2 heterocycles. The van der Waals surface area contributed by atoms with Crippen molar-refractivity contribution in [3.8, 4) is 0 Å². The van der Waals surface area contributed by atoms with Gasteiger partial charge in [-0.1, -0.05) is 18.2 Å². The van der Waals surface area contributed by atoms with Gasteiger partial charge in [0, 0.05) is 23.6 Å². The van der Waals surface area contributed by atoms with Crippen molar-refractivity contribution in [2.75, 3.05) is 5.32 Å². The van der Waals surface area contributed by atoms with Gasteiger partial charge in [-0.25, -0.2) is 0 Å². The van der Waals surface area contributed by atoms with E-state index in [-0.39, 0.29) is 11.8 Å². The zero-order valence-electron chi connectivity index (χ0n) is 10.9. The number of hydrogen-bond donors (Lipinski definition) is 2. The monoisotopic (exact) mass is 267 g/mol. The number of benzene rings is 1. The summed E-state index contributed by atoms with van der Waals surface area (Å²) in [7, 11) is 0. The maximum absolute atomic E-state index is 12.2. The Morgan fingerprint density at radius 1 is 1.25 bits per heavy atom. The molecule has 3 rings (SSSR count). The number of amides is 2. The van der Waals surface area contributed by atoms with Crippen molar-refractivity contribution in [2.24, 2.45) is 0 Å². The summed E-state index contributed by atoms with van der Waals surface area (Å²) in [6.45, 7) is 1.70. The fourth-order valence-corrected chi connectivity index (χ4v) is 2.32. The molecule has 0 saturated heterocycles. The molecule has 2 amide bonds. The molecule has 0 radical (unpaired) electrons. The zero-order valence-corrected chi connectivity index (χ0v) is 10.9. The molecule has 100 valence electrons. The molecule has 1 aromatic carbocycles. The molecule has 0 bridgehead atoms. The second-order valence-corrected chi connectivity index (χ2v) is 4.82. The lowest BCUT2D eigenvalue weighted by molar-refractivity contribution is -0.121. The van der Waals surface area contributed by atoms with Crippen LogP contribution in [0.3, 0.4) is 0 Å². The molecule has 5 heteroatoms. The molecule has 1 aliphatic heterocycles. The van der Waals surface area contributed by atoms with Crippen molar-refractivity contribution in [3.05, 3.63) is 59.9 Å². The first-order valence-corrected chi connectivity index (χ1v) is 6.25. The molecular formula is C15H13N3O2. The average molecular weight is 267 g/mol. The Labute approximate surface area is 116 Å². The predicted octanol–water partition coefficient (Wildman–Crippen LogP) is 1.68. The zero-order chi connectivity index (χ0) is 14.2. The number of anilines is 1. The average Bonchev–Trinajstić information content (AvgIpc) is 2.72. The quantitative estimate of drug-likeness (QED) is 0.869. The number of fused-ring (bicyclic) bond motifs is 1. The van der Waals surface area contributed by atoms with Crippen molar-refractivity contribution < 1.29 is 9.59 Å². The molecule has 2 N–H and O–H groups in total. The van der Waals surface area contributed by atoms with Crippen LogP contribution in [0.5, 0.6) is 0 Å². The topological polar surface area (TPSA) is 71.1 Å². The molecule has 1 aliphatic rings. The van der Waals surface area contributed by atoms with Crippen LogP contribution in [0.2, 0.25) is 0 Å². The van der Waals surface area contributed by atoms with Crippen LogP contribution in [-0.4, -0.2) is 16.8 Å². The Balaban J connectivity index is 1.94. The highest BCUT2D eigenvalue weighted by Crippen LogP contribution is 2.35. The third-order valence-corrected chi connectivity index (χ3v) is 3.46. The van der Waals surface area contributed by atoms with Crippen molar-refractivity contribution in [1.29, 1.82) is 0 Å². The summed E-state index contributed by atoms with van der Waals surface area (Å²) in [6, 6.07) is 10.7. The lowest BCUT2D eigenvalue weighted by atomic mass is 9.93. The predicted molar refractivity (Wildman–Crippen MR) is 74.1 cm³/mol. The number of carbonyl (C=O) groups is 2. The first-order chi connectivity index (χ1) is 9.61. The first-order valence-electron chi connectivity index (χ1n) is 6.25. The van der Waals surface area contributed by atoms with Crippen LogP contribution in [0.4, 0.5) is 5.69 Å². The number of para-hydroxylation sites is 1. The number of carbonyl (C=O) groups excluding carboxylic acids is 2. The third-order valence-electron chi connectivity index (χ3n) is 3.46. The van der Waals surface area contributed by atoms with E-state index >= 15 is 0 Å². The van der Waals surface area contributed by atoms with Crippen molar-refractivity contribution in [2.45, 2.75) is 12.5 Å². The minimum absolute atomic E-state index is 0.240. The molecular weight excluding hydrogens is 254 g/mol. The Hall–Kier alpha value is -2.69. The number of nitrogens with zero attached hydrogens (tertiary/aromatic N) is 1. The summed E-state index contributed by atoms with van der Waals surface area (Å²) >= 11 is 0. The first kappa shape index (κ1) is 12.3. The summed E-state index contributed by atoms with van der Waals surface area (Å²) in [4.78, 5) is 28.3. The standard InChI is InChI=1S/C15H13N3O2/c1-15(18-13(19)10-5-4-8-16-9-10)11-6-2-3-7-12(11)17-14(15)20/h2-9H,1H3,(H,17,20)(H,18,19). The molecule has 2 aromatic rings. The Morgan fingerprint density at radius 2 is 2.05 bits per heavy atom. The fourth-order valence-electron chi connectivity index (χ4n) is 2.32. The summed E-state index contributed by atoms with van der Waals surface area (Å²) in [5.41, 5.74) is 0.850. The summed E-state index contributed by atoms with van der Waals surface area (Å²) in [6.07, 6.45) is 3.06. The van der Waals surface area contributed by atoms with Crippen molar-refractivity contribution in [3.63, 3.8) is 0 Å². The van der Waals surface area contributed by atoms with Gasteiger partial charge in [0.2, 0.25) is 0 Å². The van der Waals surface area contributed by atoms with Crippen LogP contribution in [0.15, 0.2) is 48.8 Å². The maximum Gasteiger partial charge on any atom is 0.254 e. The highest BCUT2D eigenvalue weighted by molar-refractivity contribution is 6.09. The molecule has 1 unspecified atom stereocenters. The van der Waals surface area contributed by atoms with E-state index in [1.165, 1.54) is 6.20 Å². The highest BCUT2D eigenvalue weighted by atomic mass is 16.2. The maximum atomic E-state index is 12.2. The normalized spacial score (nSPS) is 20.1. The lowest BCUT2D eigenvalue weighted by Gasteiger charge is -2.23. The Bertz CT molecular complexity index is 685.